The van der Waals surface area contributed by atoms with Gasteiger partial charge in [-0.3, -0.25) is 4.79 Å². The molecule has 160 valence electrons. The summed E-state index contributed by atoms with van der Waals surface area (Å²) in [7, 11) is 0. The summed E-state index contributed by atoms with van der Waals surface area (Å²) in [6, 6.07) is 18.6. The van der Waals surface area contributed by atoms with Gasteiger partial charge in [0.25, 0.3) is 5.91 Å². The van der Waals surface area contributed by atoms with Crippen molar-refractivity contribution in [1.29, 1.82) is 0 Å². The summed E-state index contributed by atoms with van der Waals surface area (Å²) >= 11 is 10.3. The van der Waals surface area contributed by atoms with E-state index in [0.29, 0.717) is 30.3 Å². The molecule has 8 heteroatoms. The van der Waals surface area contributed by atoms with Crippen LogP contribution < -0.4 is 14.9 Å². The van der Waals surface area contributed by atoms with Gasteiger partial charge in [-0.25, -0.2) is 5.43 Å². The van der Waals surface area contributed by atoms with Crippen LogP contribution in [0.15, 0.2) is 79.2 Å². The first-order valence-corrected chi connectivity index (χ1v) is 11.8. The maximum atomic E-state index is 12.2. The van der Waals surface area contributed by atoms with E-state index in [1.807, 2.05) is 43.3 Å². The Morgan fingerprint density at radius 3 is 2.26 bits per heavy atom. The number of amides is 1. The van der Waals surface area contributed by atoms with Crippen molar-refractivity contribution in [2.75, 3.05) is 6.61 Å². The molecular weight excluding hydrogens is 592 g/mol. The maximum absolute atomic E-state index is 12.2. The molecule has 3 aromatic rings. The molecule has 0 spiro atoms. The van der Waals surface area contributed by atoms with Gasteiger partial charge in [-0.15, -0.1) is 0 Å². The van der Waals surface area contributed by atoms with Gasteiger partial charge in [-0.1, -0.05) is 44.0 Å². The highest BCUT2D eigenvalue weighted by molar-refractivity contribution is 9.11. The summed E-state index contributed by atoms with van der Waals surface area (Å²) in [6.45, 7) is 2.80. The molecule has 0 bridgehead atoms. The van der Waals surface area contributed by atoms with Crippen LogP contribution in [0.3, 0.4) is 0 Å². The number of hydrogen-bond acceptors (Lipinski definition) is 4. The Labute approximate surface area is 206 Å². The molecular formula is C23H19Br3N2O3. The zero-order valence-electron chi connectivity index (χ0n) is 16.6. The quantitative estimate of drug-likeness (QED) is 0.228. The normalized spacial score (nSPS) is 10.8. The SMILES string of the molecule is CCOc1cc(/C=N\NC(=O)c2ccc(Br)cc2)cc(Br)c1OCc1ccc(Br)cc1. The van der Waals surface area contributed by atoms with Crippen LogP contribution in [-0.4, -0.2) is 18.7 Å². The minimum atomic E-state index is -0.290. The lowest BCUT2D eigenvalue weighted by atomic mass is 10.2. The van der Waals surface area contributed by atoms with E-state index in [0.717, 1.165) is 24.5 Å². The van der Waals surface area contributed by atoms with Crippen molar-refractivity contribution < 1.29 is 14.3 Å². The molecule has 0 atom stereocenters. The molecule has 0 fully saturated rings. The first-order chi connectivity index (χ1) is 15.0. The number of hydrazone groups is 1. The molecule has 0 unspecified atom stereocenters. The van der Waals surface area contributed by atoms with Crippen molar-refractivity contribution in [3.8, 4) is 11.5 Å². The predicted molar refractivity (Wildman–Crippen MR) is 133 cm³/mol. The van der Waals surface area contributed by atoms with E-state index in [4.69, 9.17) is 9.47 Å². The maximum Gasteiger partial charge on any atom is 0.271 e. The van der Waals surface area contributed by atoms with Crippen molar-refractivity contribution in [3.05, 3.63) is 90.8 Å². The molecule has 0 aliphatic heterocycles. The molecule has 5 nitrogen and oxygen atoms in total. The number of carbonyl (C=O) groups excluding carboxylic acids is 1. The van der Waals surface area contributed by atoms with Gasteiger partial charge in [0, 0.05) is 14.5 Å². The van der Waals surface area contributed by atoms with E-state index in [9.17, 15) is 4.79 Å². The molecule has 0 saturated heterocycles. The van der Waals surface area contributed by atoms with Crippen LogP contribution in [0.4, 0.5) is 0 Å². The highest BCUT2D eigenvalue weighted by Gasteiger charge is 2.12. The Hall–Kier alpha value is -2.16. The van der Waals surface area contributed by atoms with Crippen LogP contribution in [0, 0.1) is 0 Å². The summed E-state index contributed by atoms with van der Waals surface area (Å²) in [6.07, 6.45) is 1.56. The summed E-state index contributed by atoms with van der Waals surface area (Å²) in [5, 5.41) is 4.06. The molecule has 3 rings (SSSR count). The average molecular weight is 611 g/mol. The number of nitrogens with one attached hydrogen (secondary N) is 1. The lowest BCUT2D eigenvalue weighted by molar-refractivity contribution is 0.0955. The number of hydrogen-bond donors (Lipinski definition) is 1. The lowest BCUT2D eigenvalue weighted by Gasteiger charge is -2.14. The van der Waals surface area contributed by atoms with E-state index < -0.39 is 0 Å². The van der Waals surface area contributed by atoms with Crippen molar-refractivity contribution in [2.24, 2.45) is 5.10 Å². The van der Waals surface area contributed by atoms with Crippen molar-refractivity contribution in [3.63, 3.8) is 0 Å². The van der Waals surface area contributed by atoms with Crippen molar-refractivity contribution in [1.82, 2.24) is 5.43 Å². The Balaban J connectivity index is 1.71. The van der Waals surface area contributed by atoms with E-state index in [-0.39, 0.29) is 5.91 Å². The smallest absolute Gasteiger partial charge is 0.271 e. The van der Waals surface area contributed by atoms with E-state index in [1.165, 1.54) is 0 Å². The Morgan fingerprint density at radius 2 is 1.61 bits per heavy atom. The molecule has 0 heterocycles. The molecule has 0 aliphatic rings. The molecule has 1 N–H and O–H groups in total. The summed E-state index contributed by atoms with van der Waals surface area (Å²) in [5.41, 5.74) is 4.84. The number of nitrogens with zero attached hydrogens (tertiary/aromatic N) is 1. The van der Waals surface area contributed by atoms with Crippen molar-refractivity contribution >= 4 is 59.9 Å². The fourth-order valence-electron chi connectivity index (χ4n) is 2.63. The van der Waals surface area contributed by atoms with Crippen LogP contribution in [0.5, 0.6) is 11.5 Å². The number of benzene rings is 3. The van der Waals surface area contributed by atoms with E-state index in [2.05, 4.69) is 58.3 Å². The fourth-order valence-corrected chi connectivity index (χ4v) is 3.74. The Morgan fingerprint density at radius 1 is 0.968 bits per heavy atom. The number of halogens is 3. The Kier molecular flexibility index (Phi) is 8.69. The Bertz CT molecular complexity index is 1070. The summed E-state index contributed by atoms with van der Waals surface area (Å²) in [5.74, 6) is 0.915. The second-order valence-corrected chi connectivity index (χ2v) is 9.07. The van der Waals surface area contributed by atoms with Gasteiger partial charge in [0.15, 0.2) is 11.5 Å². The molecule has 1 amide bonds. The second kappa shape index (κ2) is 11.5. The molecule has 31 heavy (non-hydrogen) atoms. The standard InChI is InChI=1S/C23H19Br3N2O3/c1-2-30-21-12-16(13-27-28-23(29)17-5-9-19(25)10-6-17)11-20(26)22(21)31-14-15-3-7-18(24)8-4-15/h3-13H,2,14H2,1H3,(H,28,29)/b27-13-. The summed E-state index contributed by atoms with van der Waals surface area (Å²) < 4.78 is 14.4. The van der Waals surface area contributed by atoms with Crippen LogP contribution >= 0.6 is 47.8 Å². The molecule has 3 aromatic carbocycles. The number of carbonyl (C=O) groups is 1. The van der Waals surface area contributed by atoms with Gasteiger partial charge >= 0.3 is 0 Å². The highest BCUT2D eigenvalue weighted by Crippen LogP contribution is 2.37. The highest BCUT2D eigenvalue weighted by atomic mass is 79.9. The van der Waals surface area contributed by atoms with Crippen LogP contribution in [0.1, 0.15) is 28.4 Å². The first-order valence-electron chi connectivity index (χ1n) is 9.39. The third-order valence-corrected chi connectivity index (χ3v) is 5.76. The number of ether oxygens (including phenoxy) is 2. The van der Waals surface area contributed by atoms with Crippen LogP contribution in [0.25, 0.3) is 0 Å². The zero-order valence-corrected chi connectivity index (χ0v) is 21.3. The second-order valence-electron chi connectivity index (χ2n) is 6.38. The van der Waals surface area contributed by atoms with Gasteiger partial charge in [-0.05, 0) is 82.5 Å². The predicted octanol–water partition coefficient (Wildman–Crippen LogP) is 6.72. The lowest BCUT2D eigenvalue weighted by Crippen LogP contribution is -2.17. The van der Waals surface area contributed by atoms with E-state index in [1.54, 1.807) is 30.5 Å². The van der Waals surface area contributed by atoms with Crippen LogP contribution in [0.2, 0.25) is 0 Å². The van der Waals surface area contributed by atoms with Gasteiger partial charge in [0.2, 0.25) is 0 Å². The monoisotopic (exact) mass is 608 g/mol. The first kappa shape index (κ1) is 23.5. The average Bonchev–Trinajstić information content (AvgIpc) is 2.75. The molecule has 0 aliphatic carbocycles. The minimum absolute atomic E-state index is 0.290. The largest absolute Gasteiger partial charge is 0.490 e. The van der Waals surface area contributed by atoms with Gasteiger partial charge < -0.3 is 9.47 Å². The third kappa shape index (κ3) is 6.92. The van der Waals surface area contributed by atoms with Gasteiger partial charge in [0.05, 0.1) is 17.3 Å². The van der Waals surface area contributed by atoms with Gasteiger partial charge in [0.1, 0.15) is 6.61 Å². The topological polar surface area (TPSA) is 59.9 Å². The number of rotatable bonds is 8. The molecule has 0 radical (unpaired) electrons. The summed E-state index contributed by atoms with van der Waals surface area (Å²) in [4.78, 5) is 12.2. The van der Waals surface area contributed by atoms with E-state index >= 15 is 0 Å². The van der Waals surface area contributed by atoms with Crippen LogP contribution in [-0.2, 0) is 6.61 Å². The zero-order chi connectivity index (χ0) is 22.2. The fraction of sp³-hybridized carbons (Fsp3) is 0.130. The molecule has 0 aromatic heterocycles. The van der Waals surface area contributed by atoms with Gasteiger partial charge in [-0.2, -0.15) is 5.10 Å². The minimum Gasteiger partial charge on any atom is -0.490 e. The van der Waals surface area contributed by atoms with Crippen molar-refractivity contribution in [2.45, 2.75) is 13.5 Å². The molecule has 0 saturated carbocycles. The third-order valence-electron chi connectivity index (χ3n) is 4.11.